The number of anilines is 3. The maximum absolute atomic E-state index is 5.76. The minimum Gasteiger partial charge on any atom is -0.491 e. The summed E-state index contributed by atoms with van der Waals surface area (Å²) in [4.78, 5) is 10.7. The zero-order valence-corrected chi connectivity index (χ0v) is 10.8. The van der Waals surface area contributed by atoms with Crippen molar-refractivity contribution in [3.05, 3.63) is 36.7 Å². The number of hydrogen-bond acceptors (Lipinski definition) is 5. The van der Waals surface area contributed by atoms with E-state index in [1.807, 2.05) is 31.3 Å². The van der Waals surface area contributed by atoms with Crippen molar-refractivity contribution in [3.8, 4) is 5.75 Å². The molecule has 0 amide bonds. The Morgan fingerprint density at radius 1 is 1.26 bits per heavy atom. The zero-order valence-electron chi connectivity index (χ0n) is 10.8. The molecule has 19 heavy (non-hydrogen) atoms. The van der Waals surface area contributed by atoms with Crippen LogP contribution in [0.3, 0.4) is 0 Å². The Morgan fingerprint density at radius 3 is 3.05 bits per heavy atom. The van der Waals surface area contributed by atoms with E-state index >= 15 is 0 Å². The van der Waals surface area contributed by atoms with Gasteiger partial charge in [-0.3, -0.25) is 0 Å². The molecule has 5 heteroatoms. The minimum atomic E-state index is 0.734. The molecule has 0 fully saturated rings. The first kappa shape index (κ1) is 11.8. The zero-order chi connectivity index (χ0) is 13.1. The van der Waals surface area contributed by atoms with Crippen molar-refractivity contribution >= 4 is 17.3 Å². The highest BCUT2D eigenvalue weighted by Gasteiger charge is 2.18. The van der Waals surface area contributed by atoms with Crippen molar-refractivity contribution in [1.29, 1.82) is 0 Å². The van der Waals surface area contributed by atoms with Crippen molar-refractivity contribution in [2.24, 2.45) is 0 Å². The molecule has 3 rings (SSSR count). The normalized spacial score (nSPS) is 14.3. The molecule has 0 unspecified atom stereocenters. The van der Waals surface area contributed by atoms with Crippen LogP contribution >= 0.6 is 0 Å². The molecule has 0 saturated heterocycles. The van der Waals surface area contributed by atoms with E-state index < -0.39 is 0 Å². The van der Waals surface area contributed by atoms with E-state index in [1.54, 1.807) is 6.33 Å². The molecule has 0 radical (unpaired) electrons. The minimum absolute atomic E-state index is 0.734. The van der Waals surface area contributed by atoms with Crippen LogP contribution in [-0.2, 0) is 0 Å². The standard InChI is InChI=1S/C14H16N4O/c1-15-13-9-14(17-10-16-13)18-7-4-8-19-12-6-3-2-5-11(12)18/h2-3,5-6,9-10H,4,7-8H2,1H3,(H,15,16,17). The third-order valence-corrected chi connectivity index (χ3v) is 3.13. The number of hydrogen-bond donors (Lipinski definition) is 1. The number of aromatic nitrogens is 2. The highest BCUT2D eigenvalue weighted by atomic mass is 16.5. The van der Waals surface area contributed by atoms with E-state index in [4.69, 9.17) is 4.74 Å². The molecule has 2 aromatic rings. The van der Waals surface area contributed by atoms with Crippen molar-refractivity contribution in [2.75, 3.05) is 30.4 Å². The molecule has 1 aromatic carbocycles. The lowest BCUT2D eigenvalue weighted by Gasteiger charge is -2.22. The van der Waals surface area contributed by atoms with Gasteiger partial charge in [0.25, 0.3) is 0 Å². The summed E-state index contributed by atoms with van der Waals surface area (Å²) in [7, 11) is 1.85. The van der Waals surface area contributed by atoms with Crippen LogP contribution in [0.25, 0.3) is 0 Å². The molecule has 1 aliphatic rings. The van der Waals surface area contributed by atoms with Gasteiger partial charge in [-0.25, -0.2) is 9.97 Å². The second-order valence-corrected chi connectivity index (χ2v) is 4.33. The predicted octanol–water partition coefficient (Wildman–Crippen LogP) is 2.44. The number of ether oxygens (including phenoxy) is 1. The number of para-hydroxylation sites is 2. The monoisotopic (exact) mass is 256 g/mol. The van der Waals surface area contributed by atoms with Crippen LogP contribution in [-0.4, -0.2) is 30.2 Å². The summed E-state index contributed by atoms with van der Waals surface area (Å²) in [6.45, 7) is 1.62. The van der Waals surface area contributed by atoms with E-state index in [2.05, 4.69) is 26.3 Å². The van der Waals surface area contributed by atoms with Gasteiger partial charge in [-0.05, 0) is 18.6 Å². The van der Waals surface area contributed by atoms with Gasteiger partial charge in [0.15, 0.2) is 0 Å². The quantitative estimate of drug-likeness (QED) is 0.894. The summed E-state index contributed by atoms with van der Waals surface area (Å²) in [5, 5.41) is 3.04. The van der Waals surface area contributed by atoms with Gasteiger partial charge in [-0.1, -0.05) is 12.1 Å². The summed E-state index contributed by atoms with van der Waals surface area (Å²) in [5.41, 5.74) is 1.06. The fourth-order valence-corrected chi connectivity index (χ4v) is 2.20. The molecule has 0 saturated carbocycles. The van der Waals surface area contributed by atoms with Gasteiger partial charge >= 0.3 is 0 Å². The highest BCUT2D eigenvalue weighted by Crippen LogP contribution is 2.35. The summed E-state index contributed by atoms with van der Waals surface area (Å²) >= 11 is 0. The number of nitrogens with one attached hydrogen (secondary N) is 1. The molecular formula is C14H16N4O. The molecule has 1 N–H and O–H groups in total. The molecule has 5 nitrogen and oxygen atoms in total. The Kier molecular flexibility index (Phi) is 3.18. The van der Waals surface area contributed by atoms with Gasteiger partial charge < -0.3 is 15.0 Å². The lowest BCUT2D eigenvalue weighted by Crippen LogP contribution is -2.19. The lowest BCUT2D eigenvalue weighted by molar-refractivity contribution is 0.322. The number of fused-ring (bicyclic) bond motifs is 1. The van der Waals surface area contributed by atoms with Crippen molar-refractivity contribution in [2.45, 2.75) is 6.42 Å². The Hall–Kier alpha value is -2.30. The Labute approximate surface area is 112 Å². The van der Waals surface area contributed by atoms with Gasteiger partial charge in [0.1, 0.15) is 23.7 Å². The molecule has 98 valence electrons. The SMILES string of the molecule is CNc1cc(N2CCCOc3ccccc32)ncn1. The Bertz CT molecular complexity index is 573. The molecule has 2 heterocycles. The average Bonchev–Trinajstić information content (AvgIpc) is 2.69. The first-order chi connectivity index (χ1) is 9.38. The summed E-state index contributed by atoms with van der Waals surface area (Å²) in [6, 6.07) is 10.00. The summed E-state index contributed by atoms with van der Waals surface area (Å²) < 4.78 is 5.76. The number of nitrogens with zero attached hydrogens (tertiary/aromatic N) is 3. The van der Waals surface area contributed by atoms with Crippen LogP contribution < -0.4 is 15.0 Å². The third-order valence-electron chi connectivity index (χ3n) is 3.13. The number of benzene rings is 1. The summed E-state index contributed by atoms with van der Waals surface area (Å²) in [5.74, 6) is 2.61. The van der Waals surface area contributed by atoms with Crippen LogP contribution in [0.1, 0.15) is 6.42 Å². The Balaban J connectivity index is 2.03. The Morgan fingerprint density at radius 2 is 2.16 bits per heavy atom. The third kappa shape index (κ3) is 2.31. The van der Waals surface area contributed by atoms with Crippen molar-refractivity contribution in [1.82, 2.24) is 9.97 Å². The van der Waals surface area contributed by atoms with Gasteiger partial charge in [0.2, 0.25) is 0 Å². The maximum atomic E-state index is 5.76. The lowest BCUT2D eigenvalue weighted by atomic mass is 10.2. The molecule has 0 aliphatic carbocycles. The smallest absolute Gasteiger partial charge is 0.142 e. The van der Waals surface area contributed by atoms with E-state index in [-0.39, 0.29) is 0 Å². The second-order valence-electron chi connectivity index (χ2n) is 4.33. The number of rotatable bonds is 2. The van der Waals surface area contributed by atoms with E-state index in [9.17, 15) is 0 Å². The first-order valence-electron chi connectivity index (χ1n) is 6.37. The van der Waals surface area contributed by atoms with Gasteiger partial charge in [-0.15, -0.1) is 0 Å². The molecule has 1 aromatic heterocycles. The second kappa shape index (κ2) is 5.14. The van der Waals surface area contributed by atoms with E-state index in [0.717, 1.165) is 42.6 Å². The van der Waals surface area contributed by atoms with E-state index in [1.165, 1.54) is 0 Å². The maximum Gasteiger partial charge on any atom is 0.142 e. The first-order valence-corrected chi connectivity index (χ1v) is 6.37. The van der Waals surface area contributed by atoms with Crippen LogP contribution in [0.2, 0.25) is 0 Å². The van der Waals surface area contributed by atoms with Crippen LogP contribution in [0.15, 0.2) is 36.7 Å². The topological polar surface area (TPSA) is 50.3 Å². The van der Waals surface area contributed by atoms with Gasteiger partial charge in [-0.2, -0.15) is 0 Å². The van der Waals surface area contributed by atoms with Crippen LogP contribution in [0.4, 0.5) is 17.3 Å². The largest absolute Gasteiger partial charge is 0.491 e. The van der Waals surface area contributed by atoms with Crippen molar-refractivity contribution in [3.63, 3.8) is 0 Å². The average molecular weight is 256 g/mol. The van der Waals surface area contributed by atoms with E-state index in [0.29, 0.717) is 0 Å². The van der Waals surface area contributed by atoms with Crippen LogP contribution in [0, 0.1) is 0 Å². The van der Waals surface area contributed by atoms with Gasteiger partial charge in [0.05, 0.1) is 12.3 Å². The van der Waals surface area contributed by atoms with Crippen molar-refractivity contribution < 1.29 is 4.74 Å². The molecule has 0 bridgehead atoms. The molecular weight excluding hydrogens is 240 g/mol. The molecule has 0 spiro atoms. The summed E-state index contributed by atoms with van der Waals surface area (Å²) in [6.07, 6.45) is 2.54. The molecule has 1 aliphatic heterocycles. The fourth-order valence-electron chi connectivity index (χ4n) is 2.20. The van der Waals surface area contributed by atoms with Crippen LogP contribution in [0.5, 0.6) is 5.75 Å². The highest BCUT2D eigenvalue weighted by molar-refractivity contribution is 5.68. The fraction of sp³-hybridized carbons (Fsp3) is 0.286. The predicted molar refractivity (Wildman–Crippen MR) is 75.1 cm³/mol. The molecule has 0 atom stereocenters. The van der Waals surface area contributed by atoms with Gasteiger partial charge in [0, 0.05) is 19.7 Å².